The van der Waals surface area contributed by atoms with Crippen molar-refractivity contribution in [1.82, 2.24) is 5.32 Å². The van der Waals surface area contributed by atoms with Gasteiger partial charge >= 0.3 is 0 Å². The standard InChI is InChI=1S/C31H26ClN3O3S/c1-21-14-16-22(17-15-21)18-28(35-30(37)23-8-3-2-4-9-23)31(38)33-24-10-7-11-25(19-24)39-20-29(36)34-27-13-6-5-12-26(27)32/h2-19H,20H2,1H3,(H,33,38)(H,34,36)(H,35,37)/b28-18-. The van der Waals surface area contributed by atoms with Crippen LogP contribution in [-0.2, 0) is 9.59 Å². The Morgan fingerprint density at radius 1 is 0.821 bits per heavy atom. The van der Waals surface area contributed by atoms with Crippen molar-refractivity contribution in [3.8, 4) is 0 Å². The van der Waals surface area contributed by atoms with Gasteiger partial charge in [-0.25, -0.2) is 0 Å². The van der Waals surface area contributed by atoms with Crippen molar-refractivity contribution in [3.63, 3.8) is 0 Å². The summed E-state index contributed by atoms with van der Waals surface area (Å²) in [6.45, 7) is 1.98. The van der Waals surface area contributed by atoms with Crippen molar-refractivity contribution in [3.05, 3.63) is 131 Å². The third-order valence-corrected chi connectivity index (χ3v) is 6.85. The Labute approximate surface area is 236 Å². The molecule has 0 saturated heterocycles. The Balaban J connectivity index is 1.45. The molecular weight excluding hydrogens is 530 g/mol. The highest BCUT2D eigenvalue weighted by Gasteiger charge is 2.15. The normalized spacial score (nSPS) is 11.0. The molecule has 0 unspecified atom stereocenters. The zero-order valence-corrected chi connectivity index (χ0v) is 22.7. The number of rotatable bonds is 9. The lowest BCUT2D eigenvalue weighted by Crippen LogP contribution is -2.30. The van der Waals surface area contributed by atoms with E-state index in [1.807, 2.05) is 43.3 Å². The van der Waals surface area contributed by atoms with E-state index in [0.29, 0.717) is 22.0 Å². The van der Waals surface area contributed by atoms with Crippen molar-refractivity contribution >= 4 is 58.5 Å². The molecule has 8 heteroatoms. The summed E-state index contributed by atoms with van der Waals surface area (Å²) in [4.78, 5) is 39.3. The van der Waals surface area contributed by atoms with E-state index < -0.39 is 11.8 Å². The van der Waals surface area contributed by atoms with Crippen molar-refractivity contribution in [2.24, 2.45) is 0 Å². The van der Waals surface area contributed by atoms with Gasteiger partial charge in [0.2, 0.25) is 5.91 Å². The van der Waals surface area contributed by atoms with Gasteiger partial charge in [-0.2, -0.15) is 0 Å². The van der Waals surface area contributed by atoms with Crippen molar-refractivity contribution < 1.29 is 14.4 Å². The minimum atomic E-state index is -0.474. The van der Waals surface area contributed by atoms with Crippen LogP contribution < -0.4 is 16.0 Å². The Kier molecular flexibility index (Phi) is 9.56. The molecular formula is C31H26ClN3O3S. The number of carbonyl (C=O) groups is 3. The minimum absolute atomic E-state index is 0.102. The summed E-state index contributed by atoms with van der Waals surface area (Å²) in [6.07, 6.45) is 1.63. The topological polar surface area (TPSA) is 87.3 Å². The van der Waals surface area contributed by atoms with Gasteiger partial charge in [0.15, 0.2) is 0 Å². The maximum Gasteiger partial charge on any atom is 0.272 e. The van der Waals surface area contributed by atoms with Crippen LogP contribution >= 0.6 is 23.4 Å². The van der Waals surface area contributed by atoms with Gasteiger partial charge in [-0.05, 0) is 61.0 Å². The Morgan fingerprint density at radius 3 is 2.28 bits per heavy atom. The molecule has 4 aromatic rings. The number of aryl methyl sites for hydroxylation is 1. The molecule has 0 aromatic heterocycles. The van der Waals surface area contributed by atoms with Crippen LogP contribution in [0.15, 0.2) is 114 Å². The van der Waals surface area contributed by atoms with Crippen LogP contribution in [0.25, 0.3) is 6.08 Å². The second-order valence-electron chi connectivity index (χ2n) is 8.59. The number of amides is 3. The summed E-state index contributed by atoms with van der Waals surface area (Å²) < 4.78 is 0. The number of halogens is 1. The number of nitrogens with one attached hydrogen (secondary N) is 3. The van der Waals surface area contributed by atoms with E-state index in [4.69, 9.17) is 11.6 Å². The molecule has 3 amide bonds. The third-order valence-electron chi connectivity index (χ3n) is 5.53. The van der Waals surface area contributed by atoms with Crippen molar-refractivity contribution in [2.75, 3.05) is 16.4 Å². The lowest BCUT2D eigenvalue weighted by Gasteiger charge is -2.12. The first-order valence-electron chi connectivity index (χ1n) is 12.1. The van der Waals surface area contributed by atoms with Gasteiger partial charge < -0.3 is 16.0 Å². The van der Waals surface area contributed by atoms with Crippen LogP contribution in [0, 0.1) is 6.92 Å². The fraction of sp³-hybridized carbons (Fsp3) is 0.0645. The number of thioether (sulfide) groups is 1. The molecule has 0 bridgehead atoms. The number of hydrogen-bond acceptors (Lipinski definition) is 4. The average Bonchev–Trinajstić information content (AvgIpc) is 2.94. The lowest BCUT2D eigenvalue weighted by molar-refractivity contribution is -0.114. The average molecular weight is 556 g/mol. The van der Waals surface area contributed by atoms with Crippen LogP contribution in [-0.4, -0.2) is 23.5 Å². The zero-order valence-electron chi connectivity index (χ0n) is 21.1. The van der Waals surface area contributed by atoms with E-state index in [1.165, 1.54) is 11.8 Å². The van der Waals surface area contributed by atoms with Crippen LogP contribution in [0.1, 0.15) is 21.5 Å². The zero-order chi connectivity index (χ0) is 27.6. The molecule has 39 heavy (non-hydrogen) atoms. The summed E-state index contributed by atoms with van der Waals surface area (Å²) in [7, 11) is 0. The SMILES string of the molecule is Cc1ccc(/C=C(\NC(=O)c2ccccc2)C(=O)Nc2cccc(SCC(=O)Nc3ccccc3Cl)c2)cc1. The first kappa shape index (κ1) is 27.7. The molecule has 0 aliphatic carbocycles. The first-order chi connectivity index (χ1) is 18.9. The fourth-order valence-corrected chi connectivity index (χ4v) is 4.47. The molecule has 6 nitrogen and oxygen atoms in total. The molecule has 0 fully saturated rings. The van der Waals surface area contributed by atoms with Gasteiger partial charge in [0.25, 0.3) is 11.8 Å². The van der Waals surface area contributed by atoms with E-state index in [2.05, 4.69) is 16.0 Å². The van der Waals surface area contributed by atoms with Crippen LogP contribution in [0.2, 0.25) is 5.02 Å². The molecule has 4 rings (SSSR count). The van der Waals surface area contributed by atoms with Gasteiger partial charge in [-0.1, -0.05) is 77.8 Å². The van der Waals surface area contributed by atoms with Gasteiger partial charge in [0, 0.05) is 16.1 Å². The van der Waals surface area contributed by atoms with Gasteiger partial charge in [-0.15, -0.1) is 11.8 Å². The van der Waals surface area contributed by atoms with Crippen LogP contribution in [0.5, 0.6) is 0 Å². The summed E-state index contributed by atoms with van der Waals surface area (Å²) in [5.41, 5.74) is 3.48. The van der Waals surface area contributed by atoms with Crippen LogP contribution in [0.3, 0.4) is 0 Å². The number of para-hydroxylation sites is 1. The lowest BCUT2D eigenvalue weighted by atomic mass is 10.1. The number of benzene rings is 4. The molecule has 0 aliphatic heterocycles. The second kappa shape index (κ2) is 13.5. The number of hydrogen-bond donors (Lipinski definition) is 3. The summed E-state index contributed by atoms with van der Waals surface area (Å²) in [5.74, 6) is -0.903. The largest absolute Gasteiger partial charge is 0.324 e. The number of anilines is 2. The number of carbonyl (C=O) groups excluding carboxylic acids is 3. The highest BCUT2D eigenvalue weighted by atomic mass is 35.5. The highest BCUT2D eigenvalue weighted by molar-refractivity contribution is 8.00. The maximum absolute atomic E-state index is 13.3. The Morgan fingerprint density at radius 2 is 1.54 bits per heavy atom. The molecule has 0 aliphatic rings. The van der Waals surface area contributed by atoms with E-state index in [0.717, 1.165) is 16.0 Å². The second-order valence-corrected chi connectivity index (χ2v) is 10.0. The molecule has 3 N–H and O–H groups in total. The van der Waals surface area contributed by atoms with Crippen molar-refractivity contribution in [1.29, 1.82) is 0 Å². The molecule has 0 heterocycles. The minimum Gasteiger partial charge on any atom is -0.324 e. The maximum atomic E-state index is 13.3. The molecule has 0 atom stereocenters. The van der Waals surface area contributed by atoms with Crippen molar-refractivity contribution in [2.45, 2.75) is 11.8 Å². The molecule has 4 aromatic carbocycles. The molecule has 0 radical (unpaired) electrons. The van der Waals surface area contributed by atoms with E-state index in [-0.39, 0.29) is 17.4 Å². The van der Waals surface area contributed by atoms with Gasteiger partial charge in [0.05, 0.1) is 16.5 Å². The van der Waals surface area contributed by atoms with E-state index in [9.17, 15) is 14.4 Å². The van der Waals surface area contributed by atoms with E-state index in [1.54, 1.807) is 72.8 Å². The monoisotopic (exact) mass is 555 g/mol. The molecule has 196 valence electrons. The summed E-state index contributed by atoms with van der Waals surface area (Å²) >= 11 is 7.44. The quantitative estimate of drug-likeness (QED) is 0.157. The fourth-order valence-electron chi connectivity index (χ4n) is 3.53. The highest BCUT2D eigenvalue weighted by Crippen LogP contribution is 2.24. The smallest absolute Gasteiger partial charge is 0.272 e. The van der Waals surface area contributed by atoms with E-state index >= 15 is 0 Å². The third kappa shape index (κ3) is 8.33. The summed E-state index contributed by atoms with van der Waals surface area (Å²) in [5, 5.41) is 8.85. The van der Waals surface area contributed by atoms with Gasteiger partial charge in [0.1, 0.15) is 5.70 Å². The molecule has 0 saturated carbocycles. The van der Waals surface area contributed by atoms with Crippen LogP contribution in [0.4, 0.5) is 11.4 Å². The predicted molar refractivity (Wildman–Crippen MR) is 159 cm³/mol. The molecule has 0 spiro atoms. The Hall–Kier alpha value is -4.33. The first-order valence-corrected chi connectivity index (χ1v) is 13.5. The summed E-state index contributed by atoms with van der Waals surface area (Å²) in [6, 6.07) is 30.5. The van der Waals surface area contributed by atoms with Gasteiger partial charge in [-0.3, -0.25) is 14.4 Å². The Bertz CT molecular complexity index is 1510. The predicted octanol–water partition coefficient (Wildman–Crippen LogP) is 6.79.